The molecule has 2 heterocycles. The van der Waals surface area contributed by atoms with E-state index < -0.39 is 10.0 Å². The minimum absolute atomic E-state index is 0.00236. The number of nitrogens with one attached hydrogen (secondary N) is 1. The predicted octanol–water partition coefficient (Wildman–Crippen LogP) is 0.179. The van der Waals surface area contributed by atoms with E-state index in [0.717, 1.165) is 6.42 Å². The number of aromatic nitrogens is 3. The van der Waals surface area contributed by atoms with E-state index in [2.05, 4.69) is 19.9 Å². The lowest BCUT2D eigenvalue weighted by molar-refractivity contribution is 0.0736. The van der Waals surface area contributed by atoms with Crippen LogP contribution in [0.2, 0.25) is 0 Å². The van der Waals surface area contributed by atoms with Crippen LogP contribution in [0.4, 0.5) is 0 Å². The molecule has 1 fully saturated rings. The number of para-hydroxylation sites is 1. The molecule has 0 aliphatic carbocycles. The SMILES string of the molecule is CNS(=O)(=O)CC1CCCN1C(=O)c1nnc2ccccc2n1. The van der Waals surface area contributed by atoms with Crippen LogP contribution < -0.4 is 4.72 Å². The molecule has 1 amide bonds. The standard InChI is InChI=1S/C14H17N5O3S/c1-15-23(21,22)9-10-5-4-8-19(10)14(20)13-16-11-6-2-3-7-12(11)17-18-13/h2-3,6-7,10,15H,4-5,8-9H2,1H3. The van der Waals surface area contributed by atoms with Gasteiger partial charge in [0.15, 0.2) is 0 Å². The molecule has 1 saturated heterocycles. The van der Waals surface area contributed by atoms with Crippen LogP contribution in [-0.2, 0) is 10.0 Å². The molecule has 0 spiro atoms. The zero-order valence-electron chi connectivity index (χ0n) is 12.6. The van der Waals surface area contributed by atoms with Crippen molar-refractivity contribution in [2.45, 2.75) is 18.9 Å². The highest BCUT2D eigenvalue weighted by atomic mass is 32.2. The van der Waals surface area contributed by atoms with Gasteiger partial charge in [-0.2, -0.15) is 0 Å². The first-order valence-electron chi connectivity index (χ1n) is 7.32. The fourth-order valence-corrected chi connectivity index (χ4v) is 3.73. The molecule has 1 atom stereocenters. The summed E-state index contributed by atoms with van der Waals surface area (Å²) in [6, 6.07) is 6.79. The summed E-state index contributed by atoms with van der Waals surface area (Å²) in [5, 5.41) is 7.88. The van der Waals surface area contributed by atoms with Crippen LogP contribution in [-0.4, -0.2) is 59.8 Å². The van der Waals surface area contributed by atoms with E-state index in [0.29, 0.717) is 24.0 Å². The van der Waals surface area contributed by atoms with Gasteiger partial charge >= 0.3 is 0 Å². The zero-order chi connectivity index (χ0) is 16.4. The number of rotatable bonds is 4. The Morgan fingerprint density at radius 2 is 2.04 bits per heavy atom. The molecule has 1 aliphatic rings. The van der Waals surface area contributed by atoms with E-state index >= 15 is 0 Å². The summed E-state index contributed by atoms with van der Waals surface area (Å²) in [6.45, 7) is 0.499. The number of nitrogens with zero attached hydrogens (tertiary/aromatic N) is 4. The number of carbonyl (C=O) groups is 1. The molecule has 0 bridgehead atoms. The fourth-order valence-electron chi connectivity index (χ4n) is 2.71. The Bertz CT molecular complexity index is 839. The van der Waals surface area contributed by atoms with E-state index in [4.69, 9.17) is 0 Å². The van der Waals surface area contributed by atoms with Crippen molar-refractivity contribution in [1.82, 2.24) is 24.8 Å². The Hall–Kier alpha value is -2.13. The second-order valence-electron chi connectivity index (χ2n) is 5.40. The fraction of sp³-hybridized carbons (Fsp3) is 0.429. The second kappa shape index (κ2) is 6.17. The molecule has 9 heteroatoms. The van der Waals surface area contributed by atoms with Crippen LogP contribution in [0.5, 0.6) is 0 Å². The van der Waals surface area contributed by atoms with Crippen molar-refractivity contribution in [2.75, 3.05) is 19.3 Å². The van der Waals surface area contributed by atoms with Crippen molar-refractivity contribution >= 4 is 27.0 Å². The van der Waals surface area contributed by atoms with Crippen LogP contribution in [0.3, 0.4) is 0 Å². The number of likely N-dealkylation sites (tertiary alicyclic amines) is 1. The third kappa shape index (κ3) is 3.30. The van der Waals surface area contributed by atoms with Gasteiger partial charge < -0.3 is 4.90 Å². The van der Waals surface area contributed by atoms with E-state index in [9.17, 15) is 13.2 Å². The quantitative estimate of drug-likeness (QED) is 0.854. The van der Waals surface area contributed by atoms with Gasteiger partial charge in [0.1, 0.15) is 5.52 Å². The van der Waals surface area contributed by atoms with Crippen molar-refractivity contribution in [3.05, 3.63) is 30.1 Å². The number of amides is 1. The number of fused-ring (bicyclic) bond motifs is 1. The Kier molecular flexibility index (Phi) is 4.22. The molecule has 2 aromatic rings. The molecule has 1 unspecified atom stereocenters. The lowest BCUT2D eigenvalue weighted by Gasteiger charge is -2.23. The zero-order valence-corrected chi connectivity index (χ0v) is 13.5. The number of benzene rings is 1. The number of hydrogen-bond acceptors (Lipinski definition) is 6. The molecule has 1 aliphatic heterocycles. The lowest BCUT2D eigenvalue weighted by Crippen LogP contribution is -2.42. The summed E-state index contributed by atoms with van der Waals surface area (Å²) in [4.78, 5) is 18.4. The minimum atomic E-state index is -3.39. The van der Waals surface area contributed by atoms with Gasteiger partial charge in [0, 0.05) is 12.6 Å². The first-order valence-corrected chi connectivity index (χ1v) is 8.97. The maximum absolute atomic E-state index is 12.6. The molecule has 0 saturated carbocycles. The van der Waals surface area contributed by atoms with Gasteiger partial charge in [0.05, 0.1) is 11.3 Å². The van der Waals surface area contributed by atoms with E-state index in [-0.39, 0.29) is 23.5 Å². The minimum Gasteiger partial charge on any atom is -0.332 e. The van der Waals surface area contributed by atoms with Crippen molar-refractivity contribution < 1.29 is 13.2 Å². The van der Waals surface area contributed by atoms with Gasteiger partial charge in [-0.15, -0.1) is 10.2 Å². The van der Waals surface area contributed by atoms with Gasteiger partial charge in [-0.1, -0.05) is 12.1 Å². The lowest BCUT2D eigenvalue weighted by atomic mass is 10.2. The van der Waals surface area contributed by atoms with Crippen LogP contribution in [0.15, 0.2) is 24.3 Å². The average Bonchev–Trinajstić information content (AvgIpc) is 3.01. The van der Waals surface area contributed by atoms with E-state index in [1.54, 1.807) is 12.1 Å². The average molecular weight is 335 g/mol. The monoisotopic (exact) mass is 335 g/mol. The number of carbonyl (C=O) groups excluding carboxylic acids is 1. The van der Waals surface area contributed by atoms with Crippen molar-refractivity contribution in [2.24, 2.45) is 0 Å². The highest BCUT2D eigenvalue weighted by Gasteiger charge is 2.33. The van der Waals surface area contributed by atoms with Crippen molar-refractivity contribution in [3.8, 4) is 0 Å². The summed E-state index contributed by atoms with van der Waals surface area (Å²) in [5.74, 6) is -0.495. The summed E-state index contributed by atoms with van der Waals surface area (Å²) < 4.78 is 25.8. The maximum atomic E-state index is 12.6. The van der Waals surface area contributed by atoms with Gasteiger partial charge in [-0.25, -0.2) is 18.1 Å². The normalized spacial score (nSPS) is 18.5. The molecule has 122 valence electrons. The van der Waals surface area contributed by atoms with Gasteiger partial charge in [0.25, 0.3) is 5.91 Å². The molecule has 23 heavy (non-hydrogen) atoms. The Labute approximate surface area is 134 Å². The maximum Gasteiger partial charge on any atom is 0.293 e. The molecular formula is C14H17N5O3S. The largest absolute Gasteiger partial charge is 0.332 e. The summed E-state index contributed by atoms with van der Waals surface area (Å²) in [6.07, 6.45) is 1.41. The van der Waals surface area contributed by atoms with E-state index in [1.165, 1.54) is 11.9 Å². The molecule has 3 rings (SSSR count). The van der Waals surface area contributed by atoms with E-state index in [1.807, 2.05) is 12.1 Å². The molecule has 1 aromatic carbocycles. The molecule has 1 N–H and O–H groups in total. The third-order valence-electron chi connectivity index (χ3n) is 3.91. The summed E-state index contributed by atoms with van der Waals surface area (Å²) in [5.41, 5.74) is 1.20. The third-order valence-corrected chi connectivity index (χ3v) is 5.36. The van der Waals surface area contributed by atoms with Gasteiger partial charge in [-0.05, 0) is 32.0 Å². The Morgan fingerprint density at radius 1 is 1.30 bits per heavy atom. The number of sulfonamides is 1. The van der Waals surface area contributed by atoms with Crippen LogP contribution in [0.1, 0.15) is 23.5 Å². The first kappa shape index (κ1) is 15.8. The van der Waals surface area contributed by atoms with Crippen LogP contribution >= 0.6 is 0 Å². The topological polar surface area (TPSA) is 105 Å². The smallest absolute Gasteiger partial charge is 0.293 e. The highest BCUT2D eigenvalue weighted by molar-refractivity contribution is 7.89. The molecular weight excluding hydrogens is 318 g/mol. The van der Waals surface area contributed by atoms with Crippen molar-refractivity contribution in [1.29, 1.82) is 0 Å². The predicted molar refractivity (Wildman–Crippen MR) is 84.2 cm³/mol. The molecule has 8 nitrogen and oxygen atoms in total. The Balaban J connectivity index is 1.85. The summed E-state index contributed by atoms with van der Waals surface area (Å²) in [7, 11) is -2.02. The van der Waals surface area contributed by atoms with Crippen LogP contribution in [0, 0.1) is 0 Å². The van der Waals surface area contributed by atoms with Gasteiger partial charge in [0.2, 0.25) is 15.8 Å². The van der Waals surface area contributed by atoms with Gasteiger partial charge in [-0.3, -0.25) is 4.79 Å². The van der Waals surface area contributed by atoms with Crippen LogP contribution in [0.25, 0.3) is 11.0 Å². The van der Waals surface area contributed by atoms with Crippen molar-refractivity contribution in [3.63, 3.8) is 0 Å². The molecule has 0 radical (unpaired) electrons. The second-order valence-corrected chi connectivity index (χ2v) is 7.38. The highest BCUT2D eigenvalue weighted by Crippen LogP contribution is 2.20. The molecule has 1 aromatic heterocycles. The Morgan fingerprint density at radius 3 is 2.78 bits per heavy atom. The summed E-state index contributed by atoms with van der Waals surface area (Å²) >= 11 is 0. The number of hydrogen-bond donors (Lipinski definition) is 1. The first-order chi connectivity index (χ1) is 11.0.